The maximum absolute atomic E-state index is 14.7. The SMILES string of the molecule is CCCCCCCC(=O)N(Cc1ccccc1F)[C@@H]1CC(C(=O)NCCO)=C[C@H](Oc2ccccc2I)[C@H]1O. The van der Waals surface area contributed by atoms with Crippen LogP contribution in [0.3, 0.4) is 0 Å². The number of aliphatic hydroxyl groups is 2. The summed E-state index contributed by atoms with van der Waals surface area (Å²) in [6.45, 7) is 1.94. The Hall–Kier alpha value is -2.50. The number of unbranched alkanes of at least 4 members (excludes halogenated alkanes) is 4. The number of halogens is 2. The van der Waals surface area contributed by atoms with Crippen molar-refractivity contribution in [1.82, 2.24) is 10.2 Å². The molecule has 1 aliphatic carbocycles. The first-order chi connectivity index (χ1) is 18.8. The zero-order valence-corrected chi connectivity index (χ0v) is 24.5. The highest BCUT2D eigenvalue weighted by atomic mass is 127. The van der Waals surface area contributed by atoms with Crippen LogP contribution in [0.1, 0.15) is 57.4 Å². The number of hydrogen-bond acceptors (Lipinski definition) is 5. The third kappa shape index (κ3) is 9.01. The van der Waals surface area contributed by atoms with Crippen LogP contribution >= 0.6 is 22.6 Å². The predicted molar refractivity (Wildman–Crippen MR) is 156 cm³/mol. The van der Waals surface area contributed by atoms with E-state index in [1.54, 1.807) is 30.3 Å². The van der Waals surface area contributed by atoms with Crippen molar-refractivity contribution in [2.45, 2.75) is 76.7 Å². The molecular weight excluding hydrogens is 614 g/mol. The molecule has 3 atom stereocenters. The van der Waals surface area contributed by atoms with Gasteiger partial charge in [-0.15, -0.1) is 0 Å². The van der Waals surface area contributed by atoms with E-state index in [0.29, 0.717) is 23.3 Å². The lowest BCUT2D eigenvalue weighted by atomic mass is 9.87. The Bertz CT molecular complexity index is 1130. The van der Waals surface area contributed by atoms with Crippen LogP contribution in [-0.4, -0.2) is 58.3 Å². The summed E-state index contributed by atoms with van der Waals surface area (Å²) < 4.78 is 21.7. The van der Waals surface area contributed by atoms with Gasteiger partial charge in [-0.1, -0.05) is 62.9 Å². The van der Waals surface area contributed by atoms with Crippen LogP contribution in [0, 0.1) is 9.39 Å². The smallest absolute Gasteiger partial charge is 0.247 e. The van der Waals surface area contributed by atoms with Gasteiger partial charge in [0.15, 0.2) is 0 Å². The van der Waals surface area contributed by atoms with Gasteiger partial charge in [-0.25, -0.2) is 4.39 Å². The standard InChI is InChI=1S/C30H38FIN2O5/c1-2-3-4-5-6-15-28(36)34(20-21-11-7-8-12-23(21)31)25-18-22(30(38)33-16-17-35)19-27(29(25)37)39-26-14-10-9-13-24(26)32/h7-14,19,25,27,29,35,37H,2-6,15-18,20H2,1H3,(H,33,38)/t25-,27+,29+/m1/s1. The van der Waals surface area contributed by atoms with E-state index in [-0.39, 0.29) is 38.4 Å². The fraction of sp³-hybridized carbons (Fsp3) is 0.467. The number of aliphatic hydroxyl groups excluding tert-OH is 2. The van der Waals surface area contributed by atoms with Crippen LogP contribution in [0.15, 0.2) is 60.2 Å². The van der Waals surface area contributed by atoms with Crippen LogP contribution in [0.25, 0.3) is 0 Å². The van der Waals surface area contributed by atoms with E-state index in [1.807, 2.05) is 18.2 Å². The summed E-state index contributed by atoms with van der Waals surface area (Å²) in [6, 6.07) is 12.8. The number of carbonyl (C=O) groups excluding carboxylic acids is 2. The van der Waals surface area contributed by atoms with E-state index in [9.17, 15) is 24.2 Å². The van der Waals surface area contributed by atoms with Crippen molar-refractivity contribution in [2.24, 2.45) is 0 Å². The second-order valence-electron chi connectivity index (χ2n) is 9.72. The molecule has 0 saturated carbocycles. The maximum atomic E-state index is 14.7. The molecule has 0 saturated heterocycles. The Labute approximate surface area is 243 Å². The molecule has 0 bridgehead atoms. The van der Waals surface area contributed by atoms with Gasteiger partial charge >= 0.3 is 0 Å². The Morgan fingerprint density at radius 1 is 1.10 bits per heavy atom. The summed E-state index contributed by atoms with van der Waals surface area (Å²) >= 11 is 2.13. The number of amides is 2. The molecule has 1 aliphatic rings. The summed E-state index contributed by atoms with van der Waals surface area (Å²) in [5.41, 5.74) is 0.670. The van der Waals surface area contributed by atoms with Crippen LogP contribution in [0.4, 0.5) is 4.39 Å². The summed E-state index contributed by atoms with van der Waals surface area (Å²) in [7, 11) is 0. The number of nitrogens with zero attached hydrogens (tertiary/aromatic N) is 1. The zero-order chi connectivity index (χ0) is 28.2. The Morgan fingerprint density at radius 2 is 1.82 bits per heavy atom. The summed E-state index contributed by atoms with van der Waals surface area (Å²) in [5, 5.41) is 23.4. The molecule has 0 unspecified atom stereocenters. The molecule has 9 heteroatoms. The molecule has 0 radical (unpaired) electrons. The number of rotatable bonds is 14. The highest BCUT2D eigenvalue weighted by Gasteiger charge is 2.40. The van der Waals surface area contributed by atoms with Gasteiger partial charge in [0.1, 0.15) is 23.8 Å². The van der Waals surface area contributed by atoms with Crippen molar-refractivity contribution in [3.8, 4) is 5.75 Å². The van der Waals surface area contributed by atoms with Gasteiger partial charge in [0.25, 0.3) is 0 Å². The molecule has 3 N–H and O–H groups in total. The Balaban J connectivity index is 1.93. The molecular formula is C30H38FIN2O5. The second kappa shape index (κ2) is 15.9. The monoisotopic (exact) mass is 652 g/mol. The van der Waals surface area contributed by atoms with Gasteiger partial charge < -0.3 is 25.2 Å². The molecule has 7 nitrogen and oxygen atoms in total. The first-order valence-electron chi connectivity index (χ1n) is 13.6. The molecule has 2 aromatic rings. The largest absolute Gasteiger partial charge is 0.482 e. The van der Waals surface area contributed by atoms with Crippen molar-refractivity contribution in [3.05, 3.63) is 75.1 Å². The number of nitrogens with one attached hydrogen (secondary N) is 1. The van der Waals surface area contributed by atoms with E-state index >= 15 is 0 Å². The minimum absolute atomic E-state index is 0.0384. The van der Waals surface area contributed by atoms with Gasteiger partial charge in [0.05, 0.1) is 16.2 Å². The maximum Gasteiger partial charge on any atom is 0.247 e. The lowest BCUT2D eigenvalue weighted by Crippen LogP contribution is -2.54. The number of carbonyl (C=O) groups is 2. The highest BCUT2D eigenvalue weighted by molar-refractivity contribution is 14.1. The van der Waals surface area contributed by atoms with Crippen molar-refractivity contribution < 1.29 is 28.9 Å². The molecule has 0 heterocycles. The minimum atomic E-state index is -1.16. The molecule has 2 aromatic carbocycles. The van der Waals surface area contributed by atoms with E-state index in [4.69, 9.17) is 4.74 Å². The Morgan fingerprint density at radius 3 is 2.54 bits per heavy atom. The minimum Gasteiger partial charge on any atom is -0.482 e. The Kier molecular flexibility index (Phi) is 12.7. The molecule has 212 valence electrons. The van der Waals surface area contributed by atoms with E-state index in [2.05, 4.69) is 34.8 Å². The third-order valence-corrected chi connectivity index (χ3v) is 7.72. The first kappa shape index (κ1) is 31.0. The van der Waals surface area contributed by atoms with Crippen molar-refractivity contribution >= 4 is 34.4 Å². The van der Waals surface area contributed by atoms with Gasteiger partial charge in [-0.2, -0.15) is 0 Å². The zero-order valence-electron chi connectivity index (χ0n) is 22.3. The number of hydrogen-bond donors (Lipinski definition) is 3. The van der Waals surface area contributed by atoms with Crippen LogP contribution in [0.5, 0.6) is 5.75 Å². The second-order valence-corrected chi connectivity index (χ2v) is 10.9. The quantitative estimate of drug-likeness (QED) is 0.203. The molecule has 0 aromatic heterocycles. The van der Waals surface area contributed by atoms with Gasteiger partial charge in [0, 0.05) is 37.1 Å². The predicted octanol–water partition coefficient (Wildman–Crippen LogP) is 4.74. The third-order valence-electron chi connectivity index (χ3n) is 6.83. The average Bonchev–Trinajstić information content (AvgIpc) is 2.93. The van der Waals surface area contributed by atoms with Crippen LogP contribution in [-0.2, 0) is 16.1 Å². The van der Waals surface area contributed by atoms with Crippen molar-refractivity contribution in [2.75, 3.05) is 13.2 Å². The summed E-state index contributed by atoms with van der Waals surface area (Å²) in [4.78, 5) is 28.1. The number of ether oxygens (including phenoxy) is 1. The number of benzene rings is 2. The van der Waals surface area contributed by atoms with Gasteiger partial charge in [0.2, 0.25) is 11.8 Å². The van der Waals surface area contributed by atoms with Gasteiger partial charge in [-0.3, -0.25) is 9.59 Å². The molecule has 3 rings (SSSR count). The summed E-state index contributed by atoms with van der Waals surface area (Å²) in [5.74, 6) is -0.511. The summed E-state index contributed by atoms with van der Waals surface area (Å²) in [6.07, 6.45) is 4.66. The molecule has 0 fully saturated rings. The van der Waals surface area contributed by atoms with Crippen molar-refractivity contribution in [3.63, 3.8) is 0 Å². The van der Waals surface area contributed by atoms with Crippen LogP contribution < -0.4 is 10.1 Å². The lowest BCUT2D eigenvalue weighted by Gasteiger charge is -2.40. The molecule has 39 heavy (non-hydrogen) atoms. The van der Waals surface area contributed by atoms with E-state index < -0.39 is 30.0 Å². The van der Waals surface area contributed by atoms with Crippen LogP contribution in [0.2, 0.25) is 0 Å². The fourth-order valence-electron chi connectivity index (χ4n) is 4.69. The molecule has 2 amide bonds. The average molecular weight is 653 g/mol. The van der Waals surface area contributed by atoms with Gasteiger partial charge in [-0.05, 0) is 53.3 Å². The normalized spacial score (nSPS) is 18.8. The van der Waals surface area contributed by atoms with E-state index in [0.717, 1.165) is 29.3 Å². The number of para-hydroxylation sites is 1. The first-order valence-corrected chi connectivity index (χ1v) is 14.7. The fourth-order valence-corrected chi connectivity index (χ4v) is 5.20. The molecule has 0 aliphatic heterocycles. The highest BCUT2D eigenvalue weighted by Crippen LogP contribution is 2.31. The topological polar surface area (TPSA) is 99.1 Å². The van der Waals surface area contributed by atoms with E-state index in [1.165, 1.54) is 11.0 Å². The van der Waals surface area contributed by atoms with Crippen molar-refractivity contribution in [1.29, 1.82) is 0 Å². The molecule has 0 spiro atoms. The lowest BCUT2D eigenvalue weighted by molar-refractivity contribution is -0.139.